The van der Waals surface area contributed by atoms with Crippen LogP contribution in [0.15, 0.2) is 29.5 Å². The maximum absolute atomic E-state index is 13.5. The second-order valence-electron chi connectivity index (χ2n) is 9.66. The summed E-state index contributed by atoms with van der Waals surface area (Å²) in [5, 5.41) is 0. The summed E-state index contributed by atoms with van der Waals surface area (Å²) in [6.07, 6.45) is 5.80. The predicted molar refractivity (Wildman–Crippen MR) is 111 cm³/mol. The summed E-state index contributed by atoms with van der Waals surface area (Å²) in [6, 6.07) is 6.51. The van der Waals surface area contributed by atoms with E-state index in [1.807, 2.05) is 0 Å². The summed E-state index contributed by atoms with van der Waals surface area (Å²) < 4.78 is 16.6. The molecular weight excluding hydrogens is 380 g/mol. The van der Waals surface area contributed by atoms with Crippen LogP contribution in [-0.2, 0) is 25.5 Å². The predicted octanol–water partition coefficient (Wildman–Crippen LogP) is 4.34. The van der Waals surface area contributed by atoms with Gasteiger partial charge in [0.2, 0.25) is 5.78 Å². The Morgan fingerprint density at radius 2 is 1.97 bits per heavy atom. The number of allylic oxidation sites excluding steroid dienone is 1. The molecule has 1 heterocycles. The zero-order valence-electron chi connectivity index (χ0n) is 18.2. The fraction of sp³-hybridized carbons (Fsp3) is 0.600. The second kappa shape index (κ2) is 6.60. The molecular formula is C25H30O5. The summed E-state index contributed by atoms with van der Waals surface area (Å²) in [5.41, 5.74) is 1.81. The van der Waals surface area contributed by atoms with Crippen LogP contribution < -0.4 is 4.74 Å². The van der Waals surface area contributed by atoms with Gasteiger partial charge in [-0.3, -0.25) is 4.79 Å². The molecule has 3 unspecified atom stereocenters. The van der Waals surface area contributed by atoms with E-state index in [2.05, 4.69) is 25.1 Å². The van der Waals surface area contributed by atoms with Crippen LogP contribution in [0, 0.1) is 17.3 Å². The van der Waals surface area contributed by atoms with Crippen molar-refractivity contribution < 1.29 is 23.8 Å². The number of ether oxygens (including phenoxy) is 3. The first-order valence-corrected chi connectivity index (χ1v) is 11.1. The van der Waals surface area contributed by atoms with Crippen LogP contribution >= 0.6 is 0 Å². The van der Waals surface area contributed by atoms with Gasteiger partial charge in [0.15, 0.2) is 5.60 Å². The van der Waals surface area contributed by atoms with E-state index in [1.54, 1.807) is 14.0 Å². The van der Waals surface area contributed by atoms with E-state index in [4.69, 9.17) is 14.2 Å². The smallest absolute Gasteiger partial charge is 0.345 e. The van der Waals surface area contributed by atoms with Crippen molar-refractivity contribution in [3.63, 3.8) is 0 Å². The fourth-order valence-corrected chi connectivity index (χ4v) is 7.28. The molecule has 4 aliphatic rings. The second-order valence-corrected chi connectivity index (χ2v) is 9.66. The molecule has 1 aliphatic heterocycles. The first-order valence-electron chi connectivity index (χ1n) is 11.1. The molecule has 2 saturated carbocycles. The van der Waals surface area contributed by atoms with Crippen molar-refractivity contribution in [2.45, 2.75) is 63.9 Å². The van der Waals surface area contributed by atoms with E-state index in [0.29, 0.717) is 29.9 Å². The normalized spacial score (nSPS) is 36.8. The van der Waals surface area contributed by atoms with Gasteiger partial charge in [-0.05, 0) is 86.5 Å². The van der Waals surface area contributed by atoms with Crippen LogP contribution in [0.5, 0.6) is 5.75 Å². The molecule has 0 bridgehead atoms. The largest absolute Gasteiger partial charge is 0.497 e. The quantitative estimate of drug-likeness (QED) is 0.536. The van der Waals surface area contributed by atoms with Crippen LogP contribution in [-0.4, -0.2) is 31.6 Å². The Balaban J connectivity index is 1.48. The fourth-order valence-electron chi connectivity index (χ4n) is 7.28. The van der Waals surface area contributed by atoms with Crippen LogP contribution in [0.3, 0.4) is 0 Å². The van der Waals surface area contributed by atoms with Gasteiger partial charge in [-0.1, -0.05) is 13.0 Å². The Bertz CT molecular complexity index is 962. The van der Waals surface area contributed by atoms with E-state index in [-0.39, 0.29) is 16.8 Å². The van der Waals surface area contributed by atoms with Crippen molar-refractivity contribution in [3.05, 3.63) is 40.7 Å². The third kappa shape index (κ3) is 2.35. The SMILES string of the molecule is COC(=O)C1=C(C)O[C@]2(CCC3C4CCc5cc(OC)ccc5C4CC[C@@]32C)C1=O. The van der Waals surface area contributed by atoms with Crippen LogP contribution in [0.25, 0.3) is 0 Å². The van der Waals surface area contributed by atoms with Crippen LogP contribution in [0.2, 0.25) is 0 Å². The van der Waals surface area contributed by atoms with Crippen molar-refractivity contribution in [1.82, 2.24) is 0 Å². The molecule has 0 saturated heterocycles. The van der Waals surface area contributed by atoms with Gasteiger partial charge in [-0.25, -0.2) is 4.79 Å². The van der Waals surface area contributed by atoms with E-state index in [9.17, 15) is 9.59 Å². The lowest BCUT2D eigenvalue weighted by atomic mass is 9.52. The minimum atomic E-state index is -0.906. The zero-order valence-corrected chi connectivity index (χ0v) is 18.2. The molecule has 0 radical (unpaired) electrons. The van der Waals surface area contributed by atoms with Gasteiger partial charge in [0, 0.05) is 5.41 Å². The lowest BCUT2D eigenvalue weighted by Crippen LogP contribution is -2.54. The summed E-state index contributed by atoms with van der Waals surface area (Å²) in [7, 11) is 3.04. The summed E-state index contributed by atoms with van der Waals surface area (Å²) in [5.74, 6) is 2.11. The molecule has 30 heavy (non-hydrogen) atoms. The Kier molecular flexibility index (Phi) is 4.32. The van der Waals surface area contributed by atoms with Gasteiger partial charge in [-0.15, -0.1) is 0 Å². The lowest BCUT2D eigenvalue weighted by molar-refractivity contribution is -0.151. The van der Waals surface area contributed by atoms with Crippen molar-refractivity contribution in [3.8, 4) is 5.75 Å². The highest BCUT2D eigenvalue weighted by atomic mass is 16.5. The molecule has 0 amide bonds. The number of ketones is 1. The molecule has 3 aliphatic carbocycles. The van der Waals surface area contributed by atoms with Crippen molar-refractivity contribution in [2.75, 3.05) is 14.2 Å². The maximum Gasteiger partial charge on any atom is 0.345 e. The Hall–Kier alpha value is -2.30. The first kappa shape index (κ1) is 19.7. The van der Waals surface area contributed by atoms with Crippen LogP contribution in [0.1, 0.15) is 63.0 Å². The van der Waals surface area contributed by atoms with E-state index in [0.717, 1.165) is 37.9 Å². The van der Waals surface area contributed by atoms with Gasteiger partial charge >= 0.3 is 5.97 Å². The molecule has 1 aromatic carbocycles. The number of hydrogen-bond donors (Lipinski definition) is 0. The molecule has 5 heteroatoms. The van der Waals surface area contributed by atoms with Crippen molar-refractivity contribution in [2.24, 2.45) is 17.3 Å². The molecule has 5 nitrogen and oxygen atoms in total. The molecule has 160 valence electrons. The number of aryl methyl sites for hydroxylation is 1. The summed E-state index contributed by atoms with van der Waals surface area (Å²) in [6.45, 7) is 3.96. The zero-order chi connectivity index (χ0) is 21.3. The number of fused-ring (bicyclic) bond motifs is 6. The number of Topliss-reactive ketones (excluding diaryl/α,β-unsaturated/α-hetero) is 1. The van der Waals surface area contributed by atoms with E-state index in [1.165, 1.54) is 18.2 Å². The average molecular weight is 411 g/mol. The number of benzene rings is 1. The molecule has 0 aromatic heterocycles. The number of carbonyl (C=O) groups is 2. The Morgan fingerprint density at radius 3 is 2.70 bits per heavy atom. The highest BCUT2D eigenvalue weighted by molar-refractivity contribution is 6.22. The van der Waals surface area contributed by atoms with Gasteiger partial charge < -0.3 is 14.2 Å². The number of esters is 1. The molecule has 0 N–H and O–H groups in total. The molecule has 5 atom stereocenters. The molecule has 1 aromatic rings. The molecule has 5 rings (SSSR count). The monoisotopic (exact) mass is 410 g/mol. The first-order chi connectivity index (χ1) is 14.4. The topological polar surface area (TPSA) is 61.8 Å². The Labute approximate surface area is 177 Å². The van der Waals surface area contributed by atoms with Gasteiger partial charge in [0.1, 0.15) is 17.1 Å². The number of carbonyl (C=O) groups excluding carboxylic acids is 2. The minimum absolute atomic E-state index is 0.114. The Morgan fingerprint density at radius 1 is 1.17 bits per heavy atom. The summed E-state index contributed by atoms with van der Waals surface area (Å²) in [4.78, 5) is 25.8. The highest BCUT2D eigenvalue weighted by Crippen LogP contribution is 2.67. The van der Waals surface area contributed by atoms with E-state index >= 15 is 0 Å². The van der Waals surface area contributed by atoms with E-state index < -0.39 is 11.6 Å². The lowest BCUT2D eigenvalue weighted by Gasteiger charge is -2.52. The van der Waals surface area contributed by atoms with Crippen molar-refractivity contribution in [1.29, 1.82) is 0 Å². The third-order valence-electron chi connectivity index (χ3n) is 8.72. The van der Waals surface area contributed by atoms with Crippen LogP contribution in [0.4, 0.5) is 0 Å². The number of hydrogen-bond acceptors (Lipinski definition) is 5. The average Bonchev–Trinajstić information content (AvgIpc) is 3.20. The van der Waals surface area contributed by atoms with Gasteiger partial charge in [0.25, 0.3) is 0 Å². The molecule has 2 fully saturated rings. The molecule has 1 spiro atoms. The maximum atomic E-state index is 13.5. The van der Waals surface area contributed by atoms with Gasteiger partial charge in [-0.2, -0.15) is 0 Å². The summed E-state index contributed by atoms with van der Waals surface area (Å²) >= 11 is 0. The third-order valence-corrected chi connectivity index (χ3v) is 8.72. The van der Waals surface area contributed by atoms with Gasteiger partial charge in [0.05, 0.1) is 14.2 Å². The highest BCUT2D eigenvalue weighted by Gasteiger charge is 2.69. The standard InChI is InChI=1S/C25H30O5/c1-14-21(23(27)29-4)22(26)25(30-14)12-10-20-19-7-5-15-13-16(28-3)6-8-17(15)18(19)9-11-24(20,25)2/h6,8,13,18-20H,5,7,9-12H2,1-4H3/t18?,19?,20?,24-,25+/m0/s1. The minimum Gasteiger partial charge on any atom is -0.497 e. The number of rotatable bonds is 2. The number of methoxy groups -OCH3 is 2. The van der Waals surface area contributed by atoms with Crippen molar-refractivity contribution >= 4 is 11.8 Å².